The molecule has 150 valence electrons. The molecule has 1 saturated heterocycles. The van der Waals surface area contributed by atoms with Crippen molar-refractivity contribution in [2.45, 2.75) is 16.4 Å². The first-order valence-corrected chi connectivity index (χ1v) is 12.5. The van der Waals surface area contributed by atoms with Gasteiger partial charge in [-0.3, -0.25) is 0 Å². The standard InChI is InChI=1S/C24H25NO2S2/c1-29(26,27)25-18-17-23(19-25)28-24(20-11-5-2-6-12-20,21-13-7-3-8-14-21)22-15-9-4-10-16-22/h2-16,23H,17-19H2,1H3/t23-/m0/s1. The molecule has 0 bridgehead atoms. The van der Waals surface area contributed by atoms with Crippen molar-refractivity contribution in [1.82, 2.24) is 4.31 Å². The third-order valence-corrected chi connectivity index (χ3v) is 8.51. The number of hydrogen-bond donors (Lipinski definition) is 0. The van der Waals surface area contributed by atoms with E-state index in [1.54, 1.807) is 4.31 Å². The van der Waals surface area contributed by atoms with Gasteiger partial charge in [0.05, 0.1) is 11.0 Å². The van der Waals surface area contributed by atoms with Crippen LogP contribution >= 0.6 is 11.8 Å². The number of sulfonamides is 1. The van der Waals surface area contributed by atoms with Gasteiger partial charge in [0.2, 0.25) is 10.0 Å². The Kier molecular flexibility index (Phi) is 5.81. The summed E-state index contributed by atoms with van der Waals surface area (Å²) in [6, 6.07) is 31.6. The smallest absolute Gasteiger partial charge is 0.211 e. The van der Waals surface area contributed by atoms with Gasteiger partial charge in [-0.2, -0.15) is 0 Å². The second-order valence-corrected chi connectivity index (χ2v) is 10.9. The van der Waals surface area contributed by atoms with Crippen molar-refractivity contribution in [3.05, 3.63) is 108 Å². The molecule has 4 rings (SSSR count). The Hall–Kier alpha value is -2.08. The molecular formula is C24H25NO2S2. The van der Waals surface area contributed by atoms with Crippen LogP contribution in [0, 0.1) is 0 Å². The first-order chi connectivity index (χ1) is 14.0. The summed E-state index contributed by atoms with van der Waals surface area (Å²) in [7, 11) is -3.16. The molecule has 3 aromatic rings. The first kappa shape index (κ1) is 20.2. The minimum Gasteiger partial charge on any atom is -0.213 e. The fourth-order valence-electron chi connectivity index (χ4n) is 4.07. The van der Waals surface area contributed by atoms with Crippen LogP contribution in [0.15, 0.2) is 91.0 Å². The molecule has 3 aromatic carbocycles. The monoisotopic (exact) mass is 423 g/mol. The Bertz CT molecular complexity index is 941. The first-order valence-electron chi connectivity index (χ1n) is 9.79. The largest absolute Gasteiger partial charge is 0.213 e. The van der Waals surface area contributed by atoms with Gasteiger partial charge in [0.15, 0.2) is 0 Å². The number of hydrogen-bond acceptors (Lipinski definition) is 3. The van der Waals surface area contributed by atoms with Crippen molar-refractivity contribution in [2.75, 3.05) is 19.3 Å². The van der Waals surface area contributed by atoms with Crippen LogP contribution in [0.25, 0.3) is 0 Å². The summed E-state index contributed by atoms with van der Waals surface area (Å²) in [5.74, 6) is 0. The zero-order valence-corrected chi connectivity index (χ0v) is 18.1. The molecule has 0 unspecified atom stereocenters. The average Bonchev–Trinajstić information content (AvgIpc) is 3.23. The van der Waals surface area contributed by atoms with Gasteiger partial charge in [0.25, 0.3) is 0 Å². The predicted molar refractivity (Wildman–Crippen MR) is 122 cm³/mol. The van der Waals surface area contributed by atoms with Crippen LogP contribution in [-0.2, 0) is 14.8 Å². The van der Waals surface area contributed by atoms with Crippen molar-refractivity contribution >= 4 is 21.8 Å². The Balaban J connectivity index is 1.85. The van der Waals surface area contributed by atoms with Crippen LogP contribution in [0.4, 0.5) is 0 Å². The van der Waals surface area contributed by atoms with Gasteiger partial charge in [-0.25, -0.2) is 12.7 Å². The molecular weight excluding hydrogens is 398 g/mol. The van der Waals surface area contributed by atoms with Crippen LogP contribution in [0.3, 0.4) is 0 Å². The maximum absolute atomic E-state index is 12.1. The molecule has 1 heterocycles. The van der Waals surface area contributed by atoms with Crippen molar-refractivity contribution in [3.8, 4) is 0 Å². The molecule has 1 atom stereocenters. The number of nitrogens with zero attached hydrogens (tertiary/aromatic N) is 1. The van der Waals surface area contributed by atoms with Gasteiger partial charge in [-0.15, -0.1) is 11.8 Å². The Morgan fingerprint density at radius 2 is 1.21 bits per heavy atom. The molecule has 0 spiro atoms. The maximum Gasteiger partial charge on any atom is 0.211 e. The molecule has 29 heavy (non-hydrogen) atoms. The van der Waals surface area contributed by atoms with Crippen molar-refractivity contribution in [2.24, 2.45) is 0 Å². The van der Waals surface area contributed by atoms with Crippen LogP contribution in [0.5, 0.6) is 0 Å². The van der Waals surface area contributed by atoms with Gasteiger partial charge < -0.3 is 0 Å². The van der Waals surface area contributed by atoms with E-state index in [2.05, 4.69) is 72.8 Å². The summed E-state index contributed by atoms with van der Waals surface area (Å²) in [4.78, 5) is 0. The summed E-state index contributed by atoms with van der Waals surface area (Å²) < 4.78 is 25.3. The number of rotatable bonds is 6. The molecule has 0 amide bonds. The lowest BCUT2D eigenvalue weighted by atomic mass is 9.84. The minimum atomic E-state index is -3.16. The topological polar surface area (TPSA) is 37.4 Å². The van der Waals surface area contributed by atoms with Gasteiger partial charge in [-0.05, 0) is 23.1 Å². The van der Waals surface area contributed by atoms with Gasteiger partial charge in [0.1, 0.15) is 0 Å². The molecule has 0 radical (unpaired) electrons. The van der Waals surface area contributed by atoms with Gasteiger partial charge >= 0.3 is 0 Å². The van der Waals surface area contributed by atoms with Crippen LogP contribution in [-0.4, -0.2) is 37.3 Å². The molecule has 5 heteroatoms. The number of benzene rings is 3. The highest BCUT2D eigenvalue weighted by atomic mass is 32.2. The van der Waals surface area contributed by atoms with Crippen LogP contribution in [0.1, 0.15) is 23.1 Å². The lowest BCUT2D eigenvalue weighted by Crippen LogP contribution is -2.31. The quantitative estimate of drug-likeness (QED) is 0.537. The Labute approximate surface area is 177 Å². The second-order valence-electron chi connectivity index (χ2n) is 7.43. The van der Waals surface area contributed by atoms with Crippen molar-refractivity contribution in [1.29, 1.82) is 0 Å². The fraction of sp³-hybridized carbons (Fsp3) is 0.250. The van der Waals surface area contributed by atoms with E-state index < -0.39 is 14.8 Å². The summed E-state index contributed by atoms with van der Waals surface area (Å²) in [5.41, 5.74) is 3.63. The third-order valence-electron chi connectivity index (χ3n) is 5.46. The van der Waals surface area contributed by atoms with E-state index in [1.807, 2.05) is 30.0 Å². The van der Waals surface area contributed by atoms with E-state index in [4.69, 9.17) is 0 Å². The van der Waals surface area contributed by atoms with Crippen molar-refractivity contribution in [3.63, 3.8) is 0 Å². The van der Waals surface area contributed by atoms with Gasteiger partial charge in [0, 0.05) is 18.3 Å². The molecule has 0 aromatic heterocycles. The highest BCUT2D eigenvalue weighted by Crippen LogP contribution is 2.51. The SMILES string of the molecule is CS(=O)(=O)N1CC[C@H](SC(c2ccccc2)(c2ccccc2)c2ccccc2)C1. The maximum atomic E-state index is 12.1. The van der Waals surface area contributed by atoms with Crippen LogP contribution in [0.2, 0.25) is 0 Å². The zero-order chi connectivity index (χ0) is 20.3. The lowest BCUT2D eigenvalue weighted by Gasteiger charge is -2.37. The van der Waals surface area contributed by atoms with Gasteiger partial charge in [-0.1, -0.05) is 91.0 Å². The molecule has 1 aliphatic rings. The highest BCUT2D eigenvalue weighted by Gasteiger charge is 2.41. The Morgan fingerprint density at radius 3 is 1.55 bits per heavy atom. The normalized spacial score (nSPS) is 18.0. The van der Waals surface area contributed by atoms with E-state index in [0.29, 0.717) is 13.1 Å². The molecule has 0 saturated carbocycles. The molecule has 0 N–H and O–H groups in total. The summed E-state index contributed by atoms with van der Waals surface area (Å²) in [6.45, 7) is 1.14. The van der Waals surface area contributed by atoms with Crippen LogP contribution < -0.4 is 0 Å². The third kappa shape index (κ3) is 4.13. The average molecular weight is 424 g/mol. The van der Waals surface area contributed by atoms with E-state index >= 15 is 0 Å². The predicted octanol–water partition coefficient (Wildman–Crippen LogP) is 4.75. The van der Waals surface area contributed by atoms with E-state index in [1.165, 1.54) is 22.9 Å². The fourth-order valence-corrected chi connectivity index (χ4v) is 6.84. The second kappa shape index (κ2) is 8.34. The molecule has 1 fully saturated rings. The lowest BCUT2D eigenvalue weighted by molar-refractivity contribution is 0.484. The Morgan fingerprint density at radius 1 is 0.793 bits per heavy atom. The zero-order valence-electron chi connectivity index (χ0n) is 16.4. The minimum absolute atomic E-state index is 0.213. The molecule has 1 aliphatic heterocycles. The summed E-state index contributed by atoms with van der Waals surface area (Å²) in [5, 5.41) is 0.213. The van der Waals surface area contributed by atoms with E-state index in [0.717, 1.165) is 6.42 Å². The van der Waals surface area contributed by atoms with Crippen molar-refractivity contribution < 1.29 is 8.42 Å². The van der Waals surface area contributed by atoms with E-state index in [-0.39, 0.29) is 5.25 Å². The summed E-state index contributed by atoms with van der Waals surface area (Å²) in [6.07, 6.45) is 2.16. The molecule has 3 nitrogen and oxygen atoms in total. The summed E-state index contributed by atoms with van der Waals surface area (Å²) >= 11 is 1.87. The number of thioether (sulfide) groups is 1. The van der Waals surface area contributed by atoms with E-state index in [9.17, 15) is 8.42 Å². The molecule has 0 aliphatic carbocycles. The highest BCUT2D eigenvalue weighted by molar-refractivity contribution is 8.01.